The van der Waals surface area contributed by atoms with Crippen LogP contribution in [-0.2, 0) is 4.74 Å². The fourth-order valence-corrected chi connectivity index (χ4v) is 1.52. The number of rotatable bonds is 3. The van der Waals surface area contributed by atoms with Crippen molar-refractivity contribution in [3.8, 4) is 0 Å². The molecule has 0 saturated heterocycles. The Morgan fingerprint density at radius 2 is 2.22 bits per heavy atom. The van der Waals surface area contributed by atoms with Crippen LogP contribution in [0.2, 0.25) is 0 Å². The van der Waals surface area contributed by atoms with Crippen LogP contribution in [0.15, 0.2) is 17.7 Å². The summed E-state index contributed by atoms with van der Waals surface area (Å²) in [6.45, 7) is 7.05. The molecule has 0 N–H and O–H groups in total. The Morgan fingerprint density at radius 3 is 2.89 bits per heavy atom. The Labute approximate surface area is 108 Å². The molecule has 0 spiro atoms. The predicted molar refractivity (Wildman–Crippen MR) is 65.5 cm³/mol. The van der Waals surface area contributed by atoms with Gasteiger partial charge in [0.1, 0.15) is 6.61 Å². The second-order valence-corrected chi connectivity index (χ2v) is 4.31. The molecule has 0 aromatic carbocycles. The highest BCUT2D eigenvalue weighted by molar-refractivity contribution is 6.29. The summed E-state index contributed by atoms with van der Waals surface area (Å²) >= 11 is 5.50. The first-order chi connectivity index (χ1) is 8.47. The van der Waals surface area contributed by atoms with Gasteiger partial charge in [0, 0.05) is 16.4 Å². The average Bonchev–Trinajstić information content (AvgIpc) is 2.69. The first-order valence-corrected chi connectivity index (χ1v) is 5.56. The van der Waals surface area contributed by atoms with Gasteiger partial charge in [0.15, 0.2) is 0 Å². The Morgan fingerprint density at radius 1 is 1.50 bits per heavy atom. The van der Waals surface area contributed by atoms with Gasteiger partial charge < -0.3 is 4.74 Å². The second-order valence-electron chi connectivity index (χ2n) is 3.78. The lowest BCUT2D eigenvalue weighted by atomic mass is 10.4. The van der Waals surface area contributed by atoms with Crippen molar-refractivity contribution in [2.75, 3.05) is 6.61 Å². The van der Waals surface area contributed by atoms with Gasteiger partial charge in [-0.3, -0.25) is 0 Å². The fraction of sp³-hybridized carbons (Fsp3) is 0.273. The van der Waals surface area contributed by atoms with Crippen molar-refractivity contribution in [1.82, 2.24) is 19.6 Å². The minimum atomic E-state index is -0.653. The minimum Gasteiger partial charge on any atom is -0.454 e. The lowest BCUT2D eigenvalue weighted by Gasteiger charge is -1.98. The minimum absolute atomic E-state index is 0.0471. The van der Waals surface area contributed by atoms with Gasteiger partial charge in [0.05, 0.1) is 0 Å². The molecule has 2 rings (SSSR count). The molecule has 2 aromatic rings. The highest BCUT2D eigenvalue weighted by atomic mass is 35.5. The van der Waals surface area contributed by atoms with Crippen LogP contribution in [0.3, 0.4) is 0 Å². The van der Waals surface area contributed by atoms with Gasteiger partial charge >= 0.3 is 5.97 Å². The molecule has 0 unspecified atom stereocenters. The third kappa shape index (κ3) is 2.48. The molecule has 7 heteroatoms. The van der Waals surface area contributed by atoms with Gasteiger partial charge in [-0.2, -0.15) is 4.98 Å². The maximum absolute atomic E-state index is 11.6. The summed E-state index contributed by atoms with van der Waals surface area (Å²) in [5, 5.41) is 4.26. The molecule has 0 bridgehead atoms. The molecule has 6 nitrogen and oxygen atoms in total. The number of aryl methyl sites for hydroxylation is 2. The lowest BCUT2D eigenvalue weighted by molar-refractivity contribution is 0.0532. The van der Waals surface area contributed by atoms with E-state index in [9.17, 15) is 4.79 Å². The van der Waals surface area contributed by atoms with Crippen LogP contribution in [0, 0.1) is 13.8 Å². The van der Waals surface area contributed by atoms with Crippen LogP contribution >= 0.6 is 11.6 Å². The molecule has 0 aliphatic carbocycles. The highest BCUT2D eigenvalue weighted by Gasteiger charge is 2.16. The zero-order valence-corrected chi connectivity index (χ0v) is 10.7. The van der Waals surface area contributed by atoms with Crippen LogP contribution < -0.4 is 0 Å². The first-order valence-electron chi connectivity index (χ1n) is 5.19. The van der Waals surface area contributed by atoms with E-state index in [0.29, 0.717) is 5.78 Å². The third-order valence-electron chi connectivity index (χ3n) is 2.16. The smallest absolute Gasteiger partial charge is 0.378 e. The highest BCUT2D eigenvalue weighted by Crippen LogP contribution is 2.07. The summed E-state index contributed by atoms with van der Waals surface area (Å²) in [5.41, 5.74) is 1.65. The van der Waals surface area contributed by atoms with Crippen LogP contribution in [0.1, 0.15) is 22.0 Å². The van der Waals surface area contributed by atoms with Crippen molar-refractivity contribution in [3.05, 3.63) is 34.9 Å². The monoisotopic (exact) mass is 266 g/mol. The maximum atomic E-state index is 11.6. The first kappa shape index (κ1) is 12.5. The molecule has 18 heavy (non-hydrogen) atoms. The maximum Gasteiger partial charge on any atom is 0.378 e. The number of aromatic nitrogens is 4. The number of ether oxygens (including phenoxy) is 1. The lowest BCUT2D eigenvalue weighted by Crippen LogP contribution is -2.08. The van der Waals surface area contributed by atoms with E-state index in [1.165, 1.54) is 4.52 Å². The molecule has 0 saturated carbocycles. The van der Waals surface area contributed by atoms with Crippen molar-refractivity contribution in [2.45, 2.75) is 13.8 Å². The van der Waals surface area contributed by atoms with Crippen LogP contribution in [-0.4, -0.2) is 32.2 Å². The van der Waals surface area contributed by atoms with Crippen LogP contribution in [0.25, 0.3) is 5.78 Å². The average molecular weight is 267 g/mol. The Kier molecular flexibility index (Phi) is 3.29. The number of esters is 1. The molecular formula is C11H11ClN4O2. The Hall–Kier alpha value is -1.95. The van der Waals surface area contributed by atoms with Gasteiger partial charge in [-0.05, 0) is 19.9 Å². The summed E-state index contributed by atoms with van der Waals surface area (Å²) in [6, 6.07) is 1.84. The summed E-state index contributed by atoms with van der Waals surface area (Å²) in [5.74, 6) is -0.336. The van der Waals surface area contributed by atoms with Crippen molar-refractivity contribution in [1.29, 1.82) is 0 Å². The number of nitrogens with zero attached hydrogens (tertiary/aromatic N) is 4. The van der Waals surface area contributed by atoms with E-state index < -0.39 is 5.97 Å². The van der Waals surface area contributed by atoms with Crippen LogP contribution in [0.5, 0.6) is 0 Å². The Bertz CT molecular complexity index is 635. The van der Waals surface area contributed by atoms with Crippen molar-refractivity contribution in [3.63, 3.8) is 0 Å². The van der Waals surface area contributed by atoms with Gasteiger partial charge in [-0.1, -0.05) is 18.2 Å². The summed E-state index contributed by atoms with van der Waals surface area (Å²) < 4.78 is 6.34. The molecule has 2 heterocycles. The third-order valence-corrected chi connectivity index (χ3v) is 2.27. The molecule has 0 radical (unpaired) electrons. The number of fused-ring (bicyclic) bond motifs is 1. The summed E-state index contributed by atoms with van der Waals surface area (Å²) in [7, 11) is 0. The van der Waals surface area contributed by atoms with E-state index >= 15 is 0 Å². The van der Waals surface area contributed by atoms with Crippen molar-refractivity contribution >= 4 is 23.3 Å². The zero-order valence-electron chi connectivity index (χ0n) is 9.97. The number of halogens is 1. The molecule has 94 valence electrons. The number of carbonyl (C=O) groups excluding carboxylic acids is 1. The molecule has 0 aliphatic heterocycles. The van der Waals surface area contributed by atoms with E-state index in [1.54, 1.807) is 0 Å². The molecule has 0 aliphatic rings. The predicted octanol–water partition coefficient (Wildman–Crippen LogP) is 1.65. The standard InChI is InChI=1S/C11H11ClN4O2/c1-6(12)5-18-10(17)9-14-11-13-7(2)4-8(3)16(11)15-9/h4H,1,5H2,2-3H3. The van der Waals surface area contributed by atoms with Gasteiger partial charge in [0.25, 0.3) is 11.6 Å². The molecule has 0 amide bonds. The SMILES string of the molecule is C=C(Cl)COC(=O)c1nc2nc(C)cc(C)n2n1. The van der Waals surface area contributed by atoms with E-state index in [4.69, 9.17) is 16.3 Å². The normalized spacial score (nSPS) is 10.6. The molecule has 0 fully saturated rings. The fourth-order valence-electron chi connectivity index (χ4n) is 1.46. The zero-order chi connectivity index (χ0) is 13.3. The van der Waals surface area contributed by atoms with E-state index in [1.807, 2.05) is 19.9 Å². The molecule has 0 atom stereocenters. The molecule has 2 aromatic heterocycles. The Balaban J connectivity index is 2.32. The summed E-state index contributed by atoms with van der Waals surface area (Å²) in [6.07, 6.45) is 0. The second kappa shape index (κ2) is 4.73. The van der Waals surface area contributed by atoms with E-state index in [-0.39, 0.29) is 17.5 Å². The van der Waals surface area contributed by atoms with E-state index in [2.05, 4.69) is 21.6 Å². The largest absolute Gasteiger partial charge is 0.454 e. The molecular weight excluding hydrogens is 256 g/mol. The number of hydrogen-bond acceptors (Lipinski definition) is 5. The summed E-state index contributed by atoms with van der Waals surface area (Å²) in [4.78, 5) is 19.8. The van der Waals surface area contributed by atoms with Gasteiger partial charge in [-0.25, -0.2) is 14.3 Å². The van der Waals surface area contributed by atoms with Crippen molar-refractivity contribution < 1.29 is 9.53 Å². The van der Waals surface area contributed by atoms with E-state index in [0.717, 1.165) is 11.4 Å². The quantitative estimate of drug-likeness (QED) is 0.790. The van der Waals surface area contributed by atoms with Crippen molar-refractivity contribution in [2.24, 2.45) is 0 Å². The number of carbonyl (C=O) groups is 1. The topological polar surface area (TPSA) is 69.4 Å². The van der Waals surface area contributed by atoms with Gasteiger partial charge in [0.2, 0.25) is 0 Å². The van der Waals surface area contributed by atoms with Crippen LogP contribution in [0.4, 0.5) is 0 Å². The van der Waals surface area contributed by atoms with Gasteiger partial charge in [-0.15, -0.1) is 5.10 Å². The number of hydrogen-bond donors (Lipinski definition) is 0.